The lowest BCUT2D eigenvalue weighted by atomic mass is 9.84. The van der Waals surface area contributed by atoms with Gasteiger partial charge in [-0.05, 0) is 48.9 Å². The Balaban J connectivity index is 1.25. The number of piperidine rings is 1. The van der Waals surface area contributed by atoms with E-state index in [1.54, 1.807) is 0 Å². The summed E-state index contributed by atoms with van der Waals surface area (Å²) >= 11 is 3.57. The van der Waals surface area contributed by atoms with Crippen molar-refractivity contribution in [2.45, 2.75) is 37.7 Å². The Morgan fingerprint density at radius 1 is 1.10 bits per heavy atom. The van der Waals surface area contributed by atoms with E-state index < -0.39 is 5.60 Å². The van der Waals surface area contributed by atoms with Gasteiger partial charge in [-0.3, -0.25) is 4.79 Å². The number of carbonyl (C=O) groups is 1. The highest BCUT2D eigenvalue weighted by Crippen LogP contribution is 2.37. The lowest BCUT2D eigenvalue weighted by molar-refractivity contribution is -0.116. The Morgan fingerprint density at radius 2 is 1.90 bits per heavy atom. The highest BCUT2D eigenvalue weighted by atomic mass is 79.9. The van der Waals surface area contributed by atoms with Crippen LogP contribution in [0.4, 0.5) is 5.69 Å². The maximum Gasteiger partial charge on any atom is 0.224 e. The van der Waals surface area contributed by atoms with E-state index in [0.29, 0.717) is 13.0 Å². The number of rotatable bonds is 6. The molecule has 0 spiro atoms. The molecule has 6 heteroatoms. The van der Waals surface area contributed by atoms with Crippen LogP contribution in [0.2, 0.25) is 0 Å². The molecular weight excluding hydrogens is 432 g/mol. The molecule has 0 unspecified atom stereocenters. The van der Waals surface area contributed by atoms with Crippen molar-refractivity contribution in [2.24, 2.45) is 0 Å². The number of aliphatic hydroxyl groups is 1. The van der Waals surface area contributed by atoms with Crippen LogP contribution in [0.15, 0.2) is 46.9 Å². The summed E-state index contributed by atoms with van der Waals surface area (Å²) in [4.78, 5) is 14.1. The molecule has 0 atom stereocenters. The molecule has 29 heavy (non-hydrogen) atoms. The Bertz CT molecular complexity index is 878. The SMILES string of the molecule is O=C1CCc2cccc(OCCCN3CCC(O)(c4ccccc4Br)CC3)c2N1. The summed E-state index contributed by atoms with van der Waals surface area (Å²) in [6, 6.07) is 13.9. The Hall–Kier alpha value is -1.89. The number of nitrogens with zero attached hydrogens (tertiary/aromatic N) is 1. The summed E-state index contributed by atoms with van der Waals surface area (Å²) in [5, 5.41) is 14.0. The second-order valence-electron chi connectivity index (χ2n) is 7.89. The van der Waals surface area contributed by atoms with Crippen molar-refractivity contribution in [3.8, 4) is 5.75 Å². The molecule has 1 amide bonds. The molecule has 0 aliphatic carbocycles. The minimum Gasteiger partial charge on any atom is -0.491 e. The van der Waals surface area contributed by atoms with Crippen LogP contribution in [0.1, 0.15) is 36.8 Å². The van der Waals surface area contributed by atoms with Crippen molar-refractivity contribution in [3.05, 3.63) is 58.1 Å². The second kappa shape index (κ2) is 8.86. The number of fused-ring (bicyclic) bond motifs is 1. The number of benzene rings is 2. The molecule has 0 saturated carbocycles. The average molecular weight is 459 g/mol. The predicted octanol–water partition coefficient (Wildman–Crippen LogP) is 4.09. The van der Waals surface area contributed by atoms with Crippen LogP contribution in [0.3, 0.4) is 0 Å². The minimum atomic E-state index is -0.756. The molecule has 154 valence electrons. The average Bonchev–Trinajstić information content (AvgIpc) is 2.73. The number of hydrogen-bond acceptors (Lipinski definition) is 4. The molecule has 0 aromatic heterocycles. The highest BCUT2D eigenvalue weighted by molar-refractivity contribution is 9.10. The first-order chi connectivity index (χ1) is 14.0. The number of nitrogens with one attached hydrogen (secondary N) is 1. The van der Waals surface area contributed by atoms with E-state index in [9.17, 15) is 9.90 Å². The third-order valence-electron chi connectivity index (χ3n) is 5.93. The van der Waals surface area contributed by atoms with E-state index in [0.717, 1.165) is 72.4 Å². The minimum absolute atomic E-state index is 0.0550. The largest absolute Gasteiger partial charge is 0.491 e. The van der Waals surface area contributed by atoms with Crippen LogP contribution in [0, 0.1) is 0 Å². The van der Waals surface area contributed by atoms with Crippen LogP contribution in [0.25, 0.3) is 0 Å². The number of para-hydroxylation sites is 1. The quantitative estimate of drug-likeness (QED) is 0.639. The number of amides is 1. The van der Waals surface area contributed by atoms with Gasteiger partial charge in [0.05, 0.1) is 17.9 Å². The summed E-state index contributed by atoms with van der Waals surface area (Å²) in [5.41, 5.74) is 2.21. The highest BCUT2D eigenvalue weighted by Gasteiger charge is 2.35. The lowest BCUT2D eigenvalue weighted by Gasteiger charge is -2.39. The standard InChI is InChI=1S/C23H27BrN2O3/c24-19-7-2-1-6-18(19)23(28)11-14-26(15-12-23)13-4-16-29-20-8-3-5-17-9-10-21(27)25-22(17)20/h1-3,5-8,28H,4,9-16H2,(H,25,27). The number of halogens is 1. The van der Waals surface area contributed by atoms with Crippen LogP contribution in [-0.2, 0) is 16.8 Å². The topological polar surface area (TPSA) is 61.8 Å². The molecular formula is C23H27BrN2O3. The van der Waals surface area contributed by atoms with Crippen LogP contribution in [0.5, 0.6) is 5.75 Å². The van der Waals surface area contributed by atoms with E-state index >= 15 is 0 Å². The Morgan fingerprint density at radius 3 is 2.69 bits per heavy atom. The molecule has 2 N–H and O–H groups in total. The van der Waals surface area contributed by atoms with E-state index in [1.165, 1.54) is 0 Å². The zero-order valence-electron chi connectivity index (χ0n) is 16.5. The first-order valence-corrected chi connectivity index (χ1v) is 11.1. The van der Waals surface area contributed by atoms with Gasteiger partial charge in [0.2, 0.25) is 5.91 Å². The van der Waals surface area contributed by atoms with Gasteiger partial charge in [0.25, 0.3) is 0 Å². The van der Waals surface area contributed by atoms with Crippen LogP contribution < -0.4 is 10.1 Å². The van der Waals surface area contributed by atoms with Crippen molar-refractivity contribution in [3.63, 3.8) is 0 Å². The van der Waals surface area contributed by atoms with Gasteiger partial charge in [0, 0.05) is 30.5 Å². The second-order valence-corrected chi connectivity index (χ2v) is 8.75. The molecule has 5 nitrogen and oxygen atoms in total. The molecule has 2 heterocycles. The van der Waals surface area contributed by atoms with Crippen LogP contribution >= 0.6 is 15.9 Å². The summed E-state index contributed by atoms with van der Waals surface area (Å²) in [6.07, 6.45) is 3.68. The maximum atomic E-state index is 11.7. The van der Waals surface area contributed by atoms with Gasteiger partial charge in [-0.25, -0.2) is 0 Å². The van der Waals surface area contributed by atoms with Crippen molar-refractivity contribution in [1.29, 1.82) is 0 Å². The number of carbonyl (C=O) groups excluding carboxylic acids is 1. The normalized spacial score (nSPS) is 18.8. The molecule has 1 fully saturated rings. The van der Waals surface area contributed by atoms with Gasteiger partial charge >= 0.3 is 0 Å². The molecule has 1 saturated heterocycles. The smallest absolute Gasteiger partial charge is 0.224 e. The summed E-state index contributed by atoms with van der Waals surface area (Å²) in [7, 11) is 0. The van der Waals surface area contributed by atoms with Gasteiger partial charge < -0.3 is 20.1 Å². The van der Waals surface area contributed by atoms with E-state index in [-0.39, 0.29) is 5.91 Å². The molecule has 2 aliphatic heterocycles. The van der Waals surface area contributed by atoms with Gasteiger partial charge in [-0.1, -0.05) is 46.3 Å². The first-order valence-electron chi connectivity index (χ1n) is 10.3. The van der Waals surface area contributed by atoms with Gasteiger partial charge in [-0.15, -0.1) is 0 Å². The fraction of sp³-hybridized carbons (Fsp3) is 0.435. The number of hydrogen-bond donors (Lipinski definition) is 2. The zero-order valence-corrected chi connectivity index (χ0v) is 18.1. The lowest BCUT2D eigenvalue weighted by Crippen LogP contribution is -2.43. The fourth-order valence-electron chi connectivity index (χ4n) is 4.22. The summed E-state index contributed by atoms with van der Waals surface area (Å²) < 4.78 is 6.95. The van der Waals surface area contributed by atoms with Crippen molar-refractivity contribution in [1.82, 2.24) is 4.90 Å². The van der Waals surface area contributed by atoms with Crippen molar-refractivity contribution < 1.29 is 14.6 Å². The van der Waals surface area contributed by atoms with Gasteiger partial charge in [-0.2, -0.15) is 0 Å². The van der Waals surface area contributed by atoms with E-state index in [4.69, 9.17) is 4.74 Å². The van der Waals surface area contributed by atoms with E-state index in [2.05, 4.69) is 26.1 Å². The number of anilines is 1. The van der Waals surface area contributed by atoms with Crippen molar-refractivity contribution in [2.75, 3.05) is 31.6 Å². The van der Waals surface area contributed by atoms with Gasteiger partial charge in [0.15, 0.2) is 0 Å². The zero-order chi connectivity index (χ0) is 20.3. The molecule has 2 aromatic rings. The third kappa shape index (κ3) is 4.65. The predicted molar refractivity (Wildman–Crippen MR) is 117 cm³/mol. The van der Waals surface area contributed by atoms with Crippen LogP contribution in [-0.4, -0.2) is 42.2 Å². The molecule has 0 radical (unpaired) electrons. The molecule has 2 aromatic carbocycles. The monoisotopic (exact) mass is 458 g/mol. The maximum absolute atomic E-state index is 11.7. The molecule has 4 rings (SSSR count). The van der Waals surface area contributed by atoms with Gasteiger partial charge in [0.1, 0.15) is 5.75 Å². The fourth-order valence-corrected chi connectivity index (χ4v) is 4.88. The van der Waals surface area contributed by atoms with Crippen molar-refractivity contribution >= 4 is 27.5 Å². The molecule has 2 aliphatic rings. The molecule has 0 bridgehead atoms. The number of aryl methyl sites for hydroxylation is 1. The Kier molecular flexibility index (Phi) is 6.23. The summed E-state index contributed by atoms with van der Waals surface area (Å²) in [6.45, 7) is 3.29. The first kappa shape index (κ1) is 20.4. The Labute approximate surface area is 180 Å². The van der Waals surface area contributed by atoms with E-state index in [1.807, 2.05) is 42.5 Å². The number of likely N-dealkylation sites (tertiary alicyclic amines) is 1. The summed E-state index contributed by atoms with van der Waals surface area (Å²) in [5.74, 6) is 0.817. The third-order valence-corrected chi connectivity index (χ3v) is 6.62. The number of ether oxygens (including phenoxy) is 1.